The van der Waals surface area contributed by atoms with Gasteiger partial charge in [0.25, 0.3) is 0 Å². The molecule has 1 aromatic carbocycles. The third-order valence-electron chi connectivity index (χ3n) is 4.07. The molecule has 0 spiro atoms. The topological polar surface area (TPSA) is 67.3 Å². The summed E-state index contributed by atoms with van der Waals surface area (Å²) in [5, 5.41) is 6.57. The highest BCUT2D eigenvalue weighted by Crippen LogP contribution is 2.18. The number of hydrogen-bond donors (Lipinski definition) is 2. The first-order valence-electron chi connectivity index (χ1n) is 10.7. The van der Waals surface area contributed by atoms with Crippen LogP contribution in [-0.4, -0.2) is 77.6 Å². The monoisotopic (exact) mass is 408 g/mol. The van der Waals surface area contributed by atoms with Crippen LogP contribution in [-0.2, 0) is 16.0 Å². The molecule has 29 heavy (non-hydrogen) atoms. The van der Waals surface area contributed by atoms with E-state index in [9.17, 15) is 0 Å². The van der Waals surface area contributed by atoms with E-state index >= 15 is 0 Å². The van der Waals surface area contributed by atoms with Crippen LogP contribution in [0.3, 0.4) is 0 Å². The molecule has 7 nitrogen and oxygen atoms in total. The van der Waals surface area contributed by atoms with Crippen LogP contribution < -0.4 is 15.4 Å². The molecule has 0 aliphatic carbocycles. The highest BCUT2D eigenvalue weighted by molar-refractivity contribution is 5.79. The van der Waals surface area contributed by atoms with Crippen LogP contribution in [0.25, 0.3) is 0 Å². The minimum Gasteiger partial charge on any atom is -0.492 e. The first-order chi connectivity index (χ1) is 14.2. The minimum absolute atomic E-state index is 0.555. The van der Waals surface area contributed by atoms with Gasteiger partial charge in [-0.05, 0) is 33.5 Å². The number of benzene rings is 1. The molecule has 7 heteroatoms. The molecule has 0 amide bonds. The molecule has 0 radical (unpaired) electrons. The fourth-order valence-electron chi connectivity index (χ4n) is 2.43. The molecule has 0 saturated carbocycles. The SMILES string of the molecule is CCCCOCCOCCNC(=NCc1ccccc1OCCN(C)C)NCC. The summed E-state index contributed by atoms with van der Waals surface area (Å²) in [5.41, 5.74) is 1.07. The number of ether oxygens (including phenoxy) is 3. The van der Waals surface area contributed by atoms with Crippen LogP contribution in [0.15, 0.2) is 29.3 Å². The van der Waals surface area contributed by atoms with Crippen LogP contribution in [0.4, 0.5) is 0 Å². The largest absolute Gasteiger partial charge is 0.492 e. The predicted octanol–water partition coefficient (Wildman–Crippen LogP) is 2.52. The lowest BCUT2D eigenvalue weighted by Gasteiger charge is -2.14. The number of rotatable bonds is 16. The van der Waals surface area contributed by atoms with Crippen LogP contribution in [0, 0.1) is 0 Å². The number of nitrogens with one attached hydrogen (secondary N) is 2. The predicted molar refractivity (Wildman–Crippen MR) is 120 cm³/mol. The molecule has 166 valence electrons. The second-order valence-corrected chi connectivity index (χ2v) is 6.96. The molecule has 0 aromatic heterocycles. The fraction of sp³-hybridized carbons (Fsp3) is 0.682. The summed E-state index contributed by atoms with van der Waals surface area (Å²) >= 11 is 0. The van der Waals surface area contributed by atoms with Gasteiger partial charge in [-0.2, -0.15) is 0 Å². The van der Waals surface area contributed by atoms with E-state index in [2.05, 4.69) is 40.4 Å². The third kappa shape index (κ3) is 13.1. The Bertz CT molecular complexity index is 553. The molecular formula is C22H40N4O3. The fourth-order valence-corrected chi connectivity index (χ4v) is 2.43. The normalized spacial score (nSPS) is 11.7. The molecule has 0 aliphatic heterocycles. The van der Waals surface area contributed by atoms with Crippen molar-refractivity contribution in [3.05, 3.63) is 29.8 Å². The van der Waals surface area contributed by atoms with Gasteiger partial charge in [-0.1, -0.05) is 31.5 Å². The van der Waals surface area contributed by atoms with E-state index < -0.39 is 0 Å². The molecule has 0 fully saturated rings. The first kappa shape index (κ1) is 25.2. The summed E-state index contributed by atoms with van der Waals surface area (Å²) < 4.78 is 17.0. The zero-order chi connectivity index (χ0) is 21.2. The summed E-state index contributed by atoms with van der Waals surface area (Å²) in [6.45, 7) is 10.5. The molecule has 0 heterocycles. The van der Waals surface area contributed by atoms with Crippen molar-refractivity contribution in [2.24, 2.45) is 4.99 Å². The maximum absolute atomic E-state index is 5.92. The Balaban J connectivity index is 2.38. The summed E-state index contributed by atoms with van der Waals surface area (Å²) in [5.74, 6) is 1.67. The van der Waals surface area contributed by atoms with E-state index in [1.807, 2.05) is 32.3 Å². The molecule has 1 rings (SSSR count). The Kier molecular flexibility index (Phi) is 14.8. The lowest BCUT2D eigenvalue weighted by molar-refractivity contribution is 0.0487. The molecule has 0 atom stereocenters. The molecule has 2 N–H and O–H groups in total. The quantitative estimate of drug-likeness (QED) is 0.249. The smallest absolute Gasteiger partial charge is 0.191 e. The Hall–Kier alpha value is -1.83. The summed E-state index contributed by atoms with van der Waals surface area (Å²) in [7, 11) is 4.08. The van der Waals surface area contributed by atoms with Gasteiger partial charge in [0.15, 0.2) is 5.96 Å². The summed E-state index contributed by atoms with van der Waals surface area (Å²) in [4.78, 5) is 6.78. The van der Waals surface area contributed by atoms with Gasteiger partial charge in [0.05, 0.1) is 26.4 Å². The van der Waals surface area contributed by atoms with Crippen molar-refractivity contribution in [1.82, 2.24) is 15.5 Å². The Morgan fingerprint density at radius 3 is 2.45 bits per heavy atom. The maximum atomic E-state index is 5.92. The van der Waals surface area contributed by atoms with Gasteiger partial charge >= 0.3 is 0 Å². The number of aliphatic imine (C=N–C) groups is 1. The lowest BCUT2D eigenvalue weighted by Crippen LogP contribution is -2.39. The number of hydrogen-bond acceptors (Lipinski definition) is 5. The van der Waals surface area contributed by atoms with Crippen molar-refractivity contribution in [2.75, 3.05) is 66.8 Å². The minimum atomic E-state index is 0.555. The van der Waals surface area contributed by atoms with Crippen molar-refractivity contribution >= 4 is 5.96 Å². The van der Waals surface area contributed by atoms with Crippen molar-refractivity contribution in [1.29, 1.82) is 0 Å². The zero-order valence-electron chi connectivity index (χ0n) is 18.7. The highest BCUT2D eigenvalue weighted by Gasteiger charge is 2.04. The average molecular weight is 409 g/mol. The van der Waals surface area contributed by atoms with Crippen LogP contribution >= 0.6 is 0 Å². The van der Waals surface area contributed by atoms with E-state index in [0.717, 1.165) is 49.8 Å². The van der Waals surface area contributed by atoms with E-state index in [4.69, 9.17) is 14.2 Å². The van der Waals surface area contributed by atoms with E-state index in [-0.39, 0.29) is 0 Å². The number of likely N-dealkylation sites (N-methyl/N-ethyl adjacent to an activating group) is 1. The van der Waals surface area contributed by atoms with Crippen molar-refractivity contribution < 1.29 is 14.2 Å². The Morgan fingerprint density at radius 1 is 0.966 bits per heavy atom. The molecule has 0 aliphatic rings. The number of unbranched alkanes of at least 4 members (excludes halogenated alkanes) is 1. The van der Waals surface area contributed by atoms with Crippen molar-refractivity contribution in [3.8, 4) is 5.75 Å². The van der Waals surface area contributed by atoms with E-state index in [0.29, 0.717) is 39.5 Å². The Labute approximate surface area is 176 Å². The molecule has 0 bridgehead atoms. The molecule has 0 unspecified atom stereocenters. The summed E-state index contributed by atoms with van der Waals surface area (Å²) in [6.07, 6.45) is 2.26. The maximum Gasteiger partial charge on any atom is 0.191 e. The van der Waals surface area contributed by atoms with Crippen molar-refractivity contribution in [3.63, 3.8) is 0 Å². The molecular weight excluding hydrogens is 368 g/mol. The number of para-hydroxylation sites is 1. The summed E-state index contributed by atoms with van der Waals surface area (Å²) in [6, 6.07) is 8.06. The van der Waals surface area contributed by atoms with Gasteiger partial charge in [0, 0.05) is 31.8 Å². The lowest BCUT2D eigenvalue weighted by atomic mass is 10.2. The van der Waals surface area contributed by atoms with Gasteiger partial charge in [0.2, 0.25) is 0 Å². The third-order valence-corrected chi connectivity index (χ3v) is 4.07. The molecule has 0 saturated heterocycles. The first-order valence-corrected chi connectivity index (χ1v) is 10.7. The second kappa shape index (κ2) is 17.1. The van der Waals surface area contributed by atoms with Gasteiger partial charge < -0.3 is 29.7 Å². The zero-order valence-corrected chi connectivity index (χ0v) is 18.7. The Morgan fingerprint density at radius 2 is 1.72 bits per heavy atom. The van der Waals surface area contributed by atoms with Crippen molar-refractivity contribution in [2.45, 2.75) is 33.2 Å². The number of nitrogens with zero attached hydrogens (tertiary/aromatic N) is 2. The van der Waals surface area contributed by atoms with Crippen LogP contribution in [0.5, 0.6) is 5.75 Å². The molecule has 1 aromatic rings. The van der Waals surface area contributed by atoms with Gasteiger partial charge in [0.1, 0.15) is 12.4 Å². The van der Waals surface area contributed by atoms with Gasteiger partial charge in [-0.15, -0.1) is 0 Å². The van der Waals surface area contributed by atoms with E-state index in [1.54, 1.807) is 0 Å². The standard InChI is InChI=1S/C22H40N4O3/c1-5-7-14-27-17-18-28-15-12-24-22(23-6-2)25-19-20-10-8-9-11-21(20)29-16-13-26(3)4/h8-11H,5-7,12-19H2,1-4H3,(H2,23,24,25). The van der Waals surface area contributed by atoms with Gasteiger partial charge in [-0.3, -0.25) is 0 Å². The van der Waals surface area contributed by atoms with Crippen LogP contribution in [0.2, 0.25) is 0 Å². The average Bonchev–Trinajstić information content (AvgIpc) is 2.71. The highest BCUT2D eigenvalue weighted by atomic mass is 16.5. The van der Waals surface area contributed by atoms with E-state index in [1.165, 1.54) is 0 Å². The van der Waals surface area contributed by atoms with Crippen LogP contribution in [0.1, 0.15) is 32.3 Å². The van der Waals surface area contributed by atoms with Gasteiger partial charge in [-0.25, -0.2) is 4.99 Å². The second-order valence-electron chi connectivity index (χ2n) is 6.96. The number of guanidine groups is 1.